The van der Waals surface area contributed by atoms with Crippen LogP contribution in [-0.4, -0.2) is 23.6 Å². The molecule has 2 amide bonds. The van der Waals surface area contributed by atoms with Crippen LogP contribution in [0.5, 0.6) is 0 Å². The van der Waals surface area contributed by atoms with Gasteiger partial charge in [-0.1, -0.05) is 25.5 Å². The number of benzene rings is 1. The Balaban J connectivity index is 2.42. The maximum absolute atomic E-state index is 12.4. The predicted octanol–water partition coefficient (Wildman–Crippen LogP) is 3.64. The third kappa shape index (κ3) is 4.68. The van der Waals surface area contributed by atoms with Crippen LogP contribution >= 0.6 is 0 Å². The van der Waals surface area contributed by atoms with Crippen LogP contribution in [0.3, 0.4) is 0 Å². The van der Waals surface area contributed by atoms with Crippen LogP contribution in [0.25, 0.3) is 10.9 Å². The number of nitrogens with zero attached hydrogens (tertiary/aromatic N) is 2. The maximum Gasteiger partial charge on any atom is 0.348 e. The van der Waals surface area contributed by atoms with Crippen molar-refractivity contribution in [2.75, 3.05) is 11.4 Å². The van der Waals surface area contributed by atoms with Crippen molar-refractivity contribution in [3.05, 3.63) is 46.8 Å². The van der Waals surface area contributed by atoms with Gasteiger partial charge < -0.3 is 9.73 Å². The smallest absolute Gasteiger partial charge is 0.348 e. The van der Waals surface area contributed by atoms with Crippen LogP contribution in [-0.2, 0) is 6.42 Å². The molecule has 1 aromatic carbocycles. The summed E-state index contributed by atoms with van der Waals surface area (Å²) in [6.07, 6.45) is 4.61. The lowest BCUT2D eigenvalue weighted by atomic mass is 10.1. The van der Waals surface area contributed by atoms with Gasteiger partial charge in [0.2, 0.25) is 0 Å². The summed E-state index contributed by atoms with van der Waals surface area (Å²) in [7, 11) is 0. The van der Waals surface area contributed by atoms with Crippen LogP contribution in [0.4, 0.5) is 10.8 Å². The molecule has 0 radical (unpaired) electrons. The Bertz CT molecular complexity index is 811. The van der Waals surface area contributed by atoms with E-state index in [-0.39, 0.29) is 24.6 Å². The van der Waals surface area contributed by atoms with Gasteiger partial charge in [-0.2, -0.15) is 4.98 Å². The highest BCUT2D eigenvalue weighted by atomic mass is 16.4. The van der Waals surface area contributed by atoms with Crippen LogP contribution in [0, 0.1) is 0 Å². The molecule has 2 aromatic rings. The van der Waals surface area contributed by atoms with Gasteiger partial charge in [0.05, 0.1) is 10.9 Å². The molecule has 0 aliphatic carbocycles. The van der Waals surface area contributed by atoms with Gasteiger partial charge in [-0.25, -0.2) is 14.5 Å². The Hall–Kier alpha value is -2.63. The van der Waals surface area contributed by atoms with E-state index in [0.29, 0.717) is 10.9 Å². The first-order valence-corrected chi connectivity index (χ1v) is 8.59. The number of rotatable bonds is 7. The van der Waals surface area contributed by atoms with E-state index in [9.17, 15) is 9.59 Å². The third-order valence-electron chi connectivity index (χ3n) is 3.70. The van der Waals surface area contributed by atoms with Crippen molar-refractivity contribution in [2.24, 2.45) is 0 Å². The molecule has 1 heterocycles. The Morgan fingerprint density at radius 2 is 2.20 bits per heavy atom. The molecule has 1 aromatic heterocycles. The molecule has 0 spiro atoms. The molecule has 0 unspecified atom stereocenters. The quantitative estimate of drug-likeness (QED) is 0.779. The van der Waals surface area contributed by atoms with Gasteiger partial charge >= 0.3 is 17.7 Å². The van der Waals surface area contributed by atoms with E-state index in [1.54, 1.807) is 12.1 Å². The molecular formula is C19H25N3O3. The summed E-state index contributed by atoms with van der Waals surface area (Å²) in [5.74, 6) is 0. The summed E-state index contributed by atoms with van der Waals surface area (Å²) in [5, 5.41) is 3.19. The van der Waals surface area contributed by atoms with Gasteiger partial charge in [-0.3, -0.25) is 0 Å². The average molecular weight is 343 g/mol. The number of hydrogen-bond acceptors (Lipinski definition) is 4. The Morgan fingerprint density at radius 3 is 2.84 bits per heavy atom. The molecule has 0 saturated carbocycles. The number of unbranched alkanes of at least 4 members (excludes halogenated alkanes) is 1. The van der Waals surface area contributed by atoms with Crippen molar-refractivity contribution in [3.63, 3.8) is 0 Å². The number of urea groups is 1. The van der Waals surface area contributed by atoms with Crippen molar-refractivity contribution < 1.29 is 9.21 Å². The van der Waals surface area contributed by atoms with Crippen molar-refractivity contribution in [1.82, 2.24) is 10.3 Å². The predicted molar refractivity (Wildman–Crippen MR) is 100 cm³/mol. The molecule has 0 aliphatic heterocycles. The van der Waals surface area contributed by atoms with Gasteiger partial charge in [-0.15, -0.1) is 6.58 Å². The Morgan fingerprint density at radius 1 is 1.44 bits per heavy atom. The topological polar surface area (TPSA) is 75.4 Å². The highest BCUT2D eigenvalue weighted by molar-refractivity contribution is 5.91. The average Bonchev–Trinajstić information content (AvgIpc) is 2.57. The first-order chi connectivity index (χ1) is 12.0. The first kappa shape index (κ1) is 18.7. The second kappa shape index (κ2) is 8.46. The summed E-state index contributed by atoms with van der Waals surface area (Å²) >= 11 is 0. The fourth-order valence-corrected chi connectivity index (χ4v) is 2.46. The lowest BCUT2D eigenvalue weighted by Gasteiger charge is -2.20. The van der Waals surface area contributed by atoms with Gasteiger partial charge in [0.1, 0.15) is 0 Å². The fourth-order valence-electron chi connectivity index (χ4n) is 2.46. The highest BCUT2D eigenvalue weighted by Gasteiger charge is 2.20. The van der Waals surface area contributed by atoms with Crippen molar-refractivity contribution in [1.29, 1.82) is 0 Å². The van der Waals surface area contributed by atoms with Crippen LogP contribution in [0.1, 0.15) is 39.2 Å². The molecule has 0 bridgehead atoms. The molecule has 0 saturated heterocycles. The van der Waals surface area contributed by atoms with E-state index < -0.39 is 5.63 Å². The van der Waals surface area contributed by atoms with Crippen LogP contribution in [0.2, 0.25) is 0 Å². The summed E-state index contributed by atoms with van der Waals surface area (Å²) in [6, 6.07) is 5.11. The monoisotopic (exact) mass is 343 g/mol. The number of aryl methyl sites for hydroxylation is 1. The van der Waals surface area contributed by atoms with Crippen molar-refractivity contribution in [3.8, 4) is 0 Å². The van der Waals surface area contributed by atoms with E-state index in [1.165, 1.54) is 4.90 Å². The molecule has 134 valence electrons. The van der Waals surface area contributed by atoms with E-state index in [4.69, 9.17) is 4.42 Å². The van der Waals surface area contributed by atoms with E-state index in [1.807, 2.05) is 26.0 Å². The minimum absolute atomic E-state index is 0.0307. The standard InChI is InChI=1S/C19H25N3O3/c1-5-7-8-14-9-10-16-15(12-14)17(23)25-19(21-16)22(11-6-2)18(24)20-13(3)4/h6,9-10,12-13H,2,5,7-8,11H2,1,3-4H3,(H,20,24). The molecular weight excluding hydrogens is 318 g/mol. The van der Waals surface area contributed by atoms with Gasteiger partial charge in [0, 0.05) is 12.6 Å². The van der Waals surface area contributed by atoms with Crippen LogP contribution < -0.4 is 15.8 Å². The Labute approximate surface area is 147 Å². The van der Waals surface area contributed by atoms with Crippen molar-refractivity contribution in [2.45, 2.75) is 46.1 Å². The lowest BCUT2D eigenvalue weighted by molar-refractivity contribution is 0.243. The number of fused-ring (bicyclic) bond motifs is 1. The van der Waals surface area contributed by atoms with Gasteiger partial charge in [-0.05, 0) is 44.4 Å². The highest BCUT2D eigenvalue weighted by Crippen LogP contribution is 2.17. The number of carbonyl (C=O) groups excluding carboxylic acids is 1. The molecule has 0 fully saturated rings. The Kier molecular flexibility index (Phi) is 6.33. The normalized spacial score (nSPS) is 10.9. The zero-order chi connectivity index (χ0) is 18.4. The molecule has 2 rings (SSSR count). The third-order valence-corrected chi connectivity index (χ3v) is 3.70. The fraction of sp³-hybridized carbons (Fsp3) is 0.421. The van der Waals surface area contributed by atoms with Crippen LogP contribution in [0.15, 0.2) is 40.1 Å². The SMILES string of the molecule is C=CCN(C(=O)NC(C)C)c1nc2ccc(CCCC)cc2c(=O)o1. The lowest BCUT2D eigenvalue weighted by Crippen LogP contribution is -2.43. The number of aromatic nitrogens is 1. The minimum atomic E-state index is -0.496. The number of hydrogen-bond donors (Lipinski definition) is 1. The number of carbonyl (C=O) groups is 1. The molecule has 6 heteroatoms. The van der Waals surface area contributed by atoms with E-state index in [0.717, 1.165) is 24.8 Å². The molecule has 0 atom stereocenters. The second-order valence-corrected chi connectivity index (χ2v) is 6.24. The van der Waals surface area contributed by atoms with Gasteiger partial charge in [0.15, 0.2) is 0 Å². The molecule has 25 heavy (non-hydrogen) atoms. The first-order valence-electron chi connectivity index (χ1n) is 8.59. The summed E-state index contributed by atoms with van der Waals surface area (Å²) in [6.45, 7) is 9.66. The molecule has 1 N–H and O–H groups in total. The van der Waals surface area contributed by atoms with Crippen molar-refractivity contribution >= 4 is 22.9 Å². The van der Waals surface area contributed by atoms with Gasteiger partial charge in [0.25, 0.3) is 0 Å². The zero-order valence-electron chi connectivity index (χ0n) is 15.0. The zero-order valence-corrected chi connectivity index (χ0v) is 15.0. The number of anilines is 1. The number of nitrogens with one attached hydrogen (secondary N) is 1. The molecule has 0 aliphatic rings. The van der Waals surface area contributed by atoms with E-state index in [2.05, 4.69) is 23.8 Å². The largest absolute Gasteiger partial charge is 0.388 e. The second-order valence-electron chi connectivity index (χ2n) is 6.24. The van der Waals surface area contributed by atoms with E-state index >= 15 is 0 Å². The summed E-state index contributed by atoms with van der Waals surface area (Å²) in [5.41, 5.74) is 1.10. The maximum atomic E-state index is 12.4. The number of amides is 2. The molecule has 6 nitrogen and oxygen atoms in total. The minimum Gasteiger partial charge on any atom is -0.388 e. The summed E-state index contributed by atoms with van der Waals surface area (Å²) in [4.78, 5) is 30.3. The summed E-state index contributed by atoms with van der Waals surface area (Å²) < 4.78 is 5.32.